The van der Waals surface area contributed by atoms with Crippen LogP contribution < -0.4 is 4.87 Å². The Bertz CT molecular complexity index is 1230. The number of piperazine rings is 1. The second-order valence-corrected chi connectivity index (χ2v) is 11.1. The van der Waals surface area contributed by atoms with Crippen molar-refractivity contribution in [2.45, 2.75) is 25.3 Å². The summed E-state index contributed by atoms with van der Waals surface area (Å²) in [5.41, 5.74) is 0.753. The maximum absolute atomic E-state index is 13.1. The molecule has 1 aliphatic rings. The van der Waals surface area contributed by atoms with E-state index in [-0.39, 0.29) is 28.8 Å². The zero-order valence-corrected chi connectivity index (χ0v) is 18.6. The number of aryl methyl sites for hydroxylation is 2. The van der Waals surface area contributed by atoms with Gasteiger partial charge in [0.15, 0.2) is 0 Å². The predicted molar refractivity (Wildman–Crippen MR) is 115 cm³/mol. The number of hydrogen-bond donors (Lipinski definition) is 0. The van der Waals surface area contributed by atoms with Crippen molar-refractivity contribution in [2.24, 2.45) is 0 Å². The van der Waals surface area contributed by atoms with Crippen LogP contribution >= 0.6 is 22.7 Å². The Morgan fingerprint density at radius 3 is 2.41 bits per heavy atom. The molecular weight excluding hydrogens is 430 g/mol. The lowest BCUT2D eigenvalue weighted by atomic mass is 10.3. The Kier molecular flexibility index (Phi) is 5.36. The molecule has 1 amide bonds. The normalized spacial score (nSPS) is 15.9. The molecule has 0 radical (unpaired) electrons. The second-order valence-electron chi connectivity index (χ2n) is 6.85. The van der Waals surface area contributed by atoms with E-state index in [1.807, 2.05) is 26.0 Å². The highest BCUT2D eigenvalue weighted by molar-refractivity contribution is 7.89. The van der Waals surface area contributed by atoms with E-state index in [1.165, 1.54) is 15.6 Å². The summed E-state index contributed by atoms with van der Waals surface area (Å²) >= 11 is 2.51. The van der Waals surface area contributed by atoms with Gasteiger partial charge in [-0.25, -0.2) is 8.42 Å². The van der Waals surface area contributed by atoms with E-state index < -0.39 is 10.0 Å². The summed E-state index contributed by atoms with van der Waals surface area (Å²) in [4.78, 5) is 28.2. The van der Waals surface area contributed by atoms with Gasteiger partial charge in [-0.2, -0.15) is 4.31 Å². The molecule has 1 saturated heterocycles. The van der Waals surface area contributed by atoms with Crippen LogP contribution in [0.15, 0.2) is 40.0 Å². The lowest BCUT2D eigenvalue weighted by molar-refractivity contribution is 0.0703. The van der Waals surface area contributed by atoms with Gasteiger partial charge in [0.25, 0.3) is 5.91 Å². The molecule has 0 saturated carbocycles. The molecule has 10 heteroatoms. The van der Waals surface area contributed by atoms with Crippen LogP contribution in [-0.2, 0) is 16.6 Å². The Labute approximate surface area is 176 Å². The van der Waals surface area contributed by atoms with E-state index >= 15 is 0 Å². The topological polar surface area (TPSA) is 79.7 Å². The standard InChI is InChI=1S/C19H21N3O4S3/c1-3-22-15-6-5-14(12-17(15)28-19(22)24)29(25,26)21-10-8-20(9-11-21)18(23)16-7-4-13(2)27-16/h4-7,12H,3,8-11H2,1-2H3. The van der Waals surface area contributed by atoms with Crippen LogP contribution in [0.3, 0.4) is 0 Å². The molecule has 0 N–H and O–H groups in total. The van der Waals surface area contributed by atoms with Crippen molar-refractivity contribution in [3.8, 4) is 0 Å². The third-order valence-corrected chi connectivity index (χ3v) is 8.90. The van der Waals surface area contributed by atoms with Gasteiger partial charge >= 0.3 is 4.87 Å². The zero-order chi connectivity index (χ0) is 20.8. The van der Waals surface area contributed by atoms with Gasteiger partial charge in [-0.3, -0.25) is 14.2 Å². The lowest BCUT2D eigenvalue weighted by Gasteiger charge is -2.33. The Morgan fingerprint density at radius 2 is 1.79 bits per heavy atom. The van der Waals surface area contributed by atoms with Gasteiger partial charge in [0.05, 0.1) is 20.0 Å². The number of thiazole rings is 1. The molecule has 0 bridgehead atoms. The van der Waals surface area contributed by atoms with Crippen LogP contribution in [0.4, 0.5) is 0 Å². The maximum atomic E-state index is 13.1. The van der Waals surface area contributed by atoms with Crippen molar-refractivity contribution >= 4 is 48.8 Å². The Morgan fingerprint density at radius 1 is 1.07 bits per heavy atom. The van der Waals surface area contributed by atoms with Crippen molar-refractivity contribution < 1.29 is 13.2 Å². The number of benzene rings is 1. The van der Waals surface area contributed by atoms with Crippen LogP contribution in [0.5, 0.6) is 0 Å². The van der Waals surface area contributed by atoms with Crippen LogP contribution in [0.25, 0.3) is 10.2 Å². The van der Waals surface area contributed by atoms with E-state index in [0.29, 0.717) is 29.2 Å². The largest absolute Gasteiger partial charge is 0.335 e. The summed E-state index contributed by atoms with van der Waals surface area (Å²) in [5, 5.41) is 0. The van der Waals surface area contributed by atoms with Gasteiger partial charge in [-0.05, 0) is 44.2 Å². The number of nitrogens with zero attached hydrogens (tertiary/aromatic N) is 3. The Hall–Kier alpha value is -2.01. The smallest absolute Gasteiger partial charge is 0.308 e. The quantitative estimate of drug-likeness (QED) is 0.611. The maximum Gasteiger partial charge on any atom is 0.308 e. The number of aromatic nitrogens is 1. The summed E-state index contributed by atoms with van der Waals surface area (Å²) in [7, 11) is -3.68. The minimum atomic E-state index is -3.68. The van der Waals surface area contributed by atoms with Crippen molar-refractivity contribution in [3.63, 3.8) is 0 Å². The molecule has 3 heterocycles. The molecule has 29 heavy (non-hydrogen) atoms. The molecule has 0 aliphatic carbocycles. The highest BCUT2D eigenvalue weighted by Gasteiger charge is 2.31. The van der Waals surface area contributed by atoms with E-state index in [4.69, 9.17) is 0 Å². The highest BCUT2D eigenvalue weighted by atomic mass is 32.2. The molecule has 7 nitrogen and oxygen atoms in total. The number of fused-ring (bicyclic) bond motifs is 1. The zero-order valence-electron chi connectivity index (χ0n) is 16.1. The number of carbonyl (C=O) groups excluding carboxylic acids is 1. The molecular formula is C19H21N3O4S3. The molecule has 1 aromatic carbocycles. The molecule has 0 spiro atoms. The summed E-state index contributed by atoms with van der Waals surface area (Å²) in [6.45, 7) is 5.61. The highest BCUT2D eigenvalue weighted by Crippen LogP contribution is 2.25. The van der Waals surface area contributed by atoms with Crippen LogP contribution in [0, 0.1) is 6.92 Å². The summed E-state index contributed by atoms with van der Waals surface area (Å²) in [6.07, 6.45) is 0. The minimum absolute atomic E-state index is 0.0488. The van der Waals surface area contributed by atoms with Crippen molar-refractivity contribution in [2.75, 3.05) is 26.2 Å². The fraction of sp³-hybridized carbons (Fsp3) is 0.368. The number of carbonyl (C=O) groups is 1. The molecule has 0 atom stereocenters. The first-order valence-electron chi connectivity index (χ1n) is 9.30. The molecule has 2 aromatic heterocycles. The number of amides is 1. The third-order valence-electron chi connectivity index (χ3n) is 5.07. The van der Waals surface area contributed by atoms with Crippen molar-refractivity contribution in [3.05, 3.63) is 49.8 Å². The Balaban J connectivity index is 1.52. The fourth-order valence-electron chi connectivity index (χ4n) is 3.49. The monoisotopic (exact) mass is 451 g/mol. The number of sulfonamides is 1. The molecule has 4 rings (SSSR count). The van der Waals surface area contributed by atoms with Gasteiger partial charge in [-0.1, -0.05) is 11.3 Å². The van der Waals surface area contributed by atoms with Crippen molar-refractivity contribution in [1.82, 2.24) is 13.8 Å². The van der Waals surface area contributed by atoms with Crippen LogP contribution in [0.1, 0.15) is 21.5 Å². The average molecular weight is 452 g/mol. The number of thiophene rings is 1. The van der Waals surface area contributed by atoms with E-state index in [9.17, 15) is 18.0 Å². The van der Waals surface area contributed by atoms with Gasteiger partial charge in [0, 0.05) is 37.6 Å². The first-order valence-corrected chi connectivity index (χ1v) is 12.4. The van der Waals surface area contributed by atoms with E-state index in [2.05, 4.69) is 0 Å². The van der Waals surface area contributed by atoms with Gasteiger partial charge in [0.1, 0.15) is 0 Å². The second kappa shape index (κ2) is 7.67. The predicted octanol–water partition coefficient (Wildman–Crippen LogP) is 2.60. The average Bonchev–Trinajstić information content (AvgIpc) is 3.28. The molecule has 1 fully saturated rings. The number of rotatable bonds is 4. The molecule has 1 aliphatic heterocycles. The van der Waals surface area contributed by atoms with Gasteiger partial charge in [0.2, 0.25) is 10.0 Å². The molecule has 3 aromatic rings. The van der Waals surface area contributed by atoms with Crippen LogP contribution in [0.2, 0.25) is 0 Å². The van der Waals surface area contributed by atoms with Gasteiger partial charge < -0.3 is 4.90 Å². The van der Waals surface area contributed by atoms with Crippen LogP contribution in [-0.4, -0.2) is 54.3 Å². The summed E-state index contributed by atoms with van der Waals surface area (Å²) in [6, 6.07) is 8.56. The first-order chi connectivity index (χ1) is 13.8. The minimum Gasteiger partial charge on any atom is -0.335 e. The molecule has 0 unspecified atom stereocenters. The molecule has 154 valence electrons. The summed E-state index contributed by atoms with van der Waals surface area (Å²) < 4.78 is 29.9. The SMILES string of the molecule is CCn1c(=O)sc2cc(S(=O)(=O)N3CCN(C(=O)c4ccc(C)s4)CC3)ccc21. The van der Waals surface area contributed by atoms with E-state index in [0.717, 1.165) is 21.7 Å². The first kappa shape index (κ1) is 20.3. The number of hydrogen-bond acceptors (Lipinski definition) is 6. The third kappa shape index (κ3) is 3.65. The van der Waals surface area contributed by atoms with Gasteiger partial charge in [-0.15, -0.1) is 11.3 Å². The fourth-order valence-corrected chi connectivity index (χ4v) is 6.85. The van der Waals surface area contributed by atoms with E-state index in [1.54, 1.807) is 27.7 Å². The lowest BCUT2D eigenvalue weighted by Crippen LogP contribution is -2.50. The summed E-state index contributed by atoms with van der Waals surface area (Å²) in [5.74, 6) is -0.0488. The van der Waals surface area contributed by atoms with Crippen molar-refractivity contribution in [1.29, 1.82) is 0 Å².